The summed E-state index contributed by atoms with van der Waals surface area (Å²) in [7, 11) is 2.07. The summed E-state index contributed by atoms with van der Waals surface area (Å²) in [4.78, 5) is 6.73. The molecule has 0 saturated heterocycles. The highest BCUT2D eigenvalue weighted by atomic mass is 79.9. The number of anilines is 1. The Morgan fingerprint density at radius 3 is 2.47 bits per heavy atom. The van der Waals surface area contributed by atoms with Crippen LogP contribution in [0.15, 0.2) is 16.6 Å². The van der Waals surface area contributed by atoms with Crippen molar-refractivity contribution in [2.24, 2.45) is 0 Å². The molecule has 0 N–H and O–H groups in total. The summed E-state index contributed by atoms with van der Waals surface area (Å²) in [5.41, 5.74) is 1.08. The van der Waals surface area contributed by atoms with Crippen LogP contribution in [0.25, 0.3) is 0 Å². The van der Waals surface area contributed by atoms with Gasteiger partial charge in [-0.25, -0.2) is 4.98 Å². The Balaban J connectivity index is 3.02. The number of aryl methyl sites for hydroxylation is 1. The van der Waals surface area contributed by atoms with Gasteiger partial charge in [-0.15, -0.1) is 0 Å². The fraction of sp³-hybridized carbons (Fsp3) is 0.545. The summed E-state index contributed by atoms with van der Waals surface area (Å²) in [5.74, 6) is 1.00. The normalized spacial score (nSPS) is 11.6. The van der Waals surface area contributed by atoms with Gasteiger partial charge in [0.15, 0.2) is 0 Å². The first kappa shape index (κ1) is 13.0. The maximum Gasteiger partial charge on any atom is 0.129 e. The van der Waals surface area contributed by atoms with Crippen LogP contribution in [0, 0.1) is 6.92 Å². The Hall–Kier alpha value is -0.0900. The lowest BCUT2D eigenvalue weighted by Crippen LogP contribution is -2.43. The average molecular weight is 336 g/mol. The van der Waals surface area contributed by atoms with E-state index in [4.69, 9.17) is 0 Å². The van der Waals surface area contributed by atoms with E-state index < -0.39 is 0 Å². The van der Waals surface area contributed by atoms with Crippen LogP contribution in [-0.4, -0.2) is 22.9 Å². The van der Waals surface area contributed by atoms with Crippen molar-refractivity contribution in [2.45, 2.75) is 26.3 Å². The van der Waals surface area contributed by atoms with Crippen molar-refractivity contribution in [3.8, 4) is 0 Å². The molecular formula is C11H16Br2N2. The molecule has 0 amide bonds. The van der Waals surface area contributed by atoms with Crippen LogP contribution in [0.4, 0.5) is 5.82 Å². The second-order valence-electron chi connectivity index (χ2n) is 4.24. The summed E-state index contributed by atoms with van der Waals surface area (Å²) in [6.07, 6.45) is 0. The fourth-order valence-electron chi connectivity index (χ4n) is 1.12. The Labute approximate surface area is 108 Å². The van der Waals surface area contributed by atoms with E-state index in [2.05, 4.69) is 62.6 Å². The maximum absolute atomic E-state index is 4.55. The largest absolute Gasteiger partial charge is 0.354 e. The summed E-state index contributed by atoms with van der Waals surface area (Å²) in [6.45, 7) is 6.37. The van der Waals surface area contributed by atoms with Crippen LogP contribution in [0.5, 0.6) is 0 Å². The van der Waals surface area contributed by atoms with Gasteiger partial charge in [0, 0.05) is 22.4 Å². The first-order valence-electron chi connectivity index (χ1n) is 4.81. The quantitative estimate of drug-likeness (QED) is 0.782. The molecule has 4 heteroatoms. The van der Waals surface area contributed by atoms with Crippen LogP contribution in [-0.2, 0) is 0 Å². The molecule has 0 aliphatic carbocycles. The van der Waals surface area contributed by atoms with Crippen LogP contribution in [0.2, 0.25) is 0 Å². The predicted octanol–water partition coefficient (Wildman–Crippen LogP) is 3.76. The van der Waals surface area contributed by atoms with E-state index in [1.54, 1.807) is 0 Å². The first-order valence-corrected chi connectivity index (χ1v) is 6.73. The number of alkyl halides is 1. The molecule has 0 aromatic carbocycles. The average Bonchev–Trinajstić information content (AvgIpc) is 2.21. The monoisotopic (exact) mass is 334 g/mol. The molecule has 1 heterocycles. The molecule has 0 fully saturated rings. The van der Waals surface area contributed by atoms with Crippen molar-refractivity contribution in [1.29, 1.82) is 0 Å². The summed E-state index contributed by atoms with van der Waals surface area (Å²) < 4.78 is 1.05. The Morgan fingerprint density at radius 2 is 2.00 bits per heavy atom. The molecular weight excluding hydrogens is 320 g/mol. The third-order valence-electron chi connectivity index (χ3n) is 2.59. The van der Waals surface area contributed by atoms with Crippen molar-refractivity contribution >= 4 is 37.7 Å². The Morgan fingerprint density at radius 1 is 1.40 bits per heavy atom. The summed E-state index contributed by atoms with van der Waals surface area (Å²) in [5, 5.41) is 0.910. The van der Waals surface area contributed by atoms with Crippen molar-refractivity contribution in [3.63, 3.8) is 0 Å². The minimum absolute atomic E-state index is 0.0628. The van der Waals surface area contributed by atoms with Gasteiger partial charge in [0.05, 0.1) is 5.69 Å². The van der Waals surface area contributed by atoms with E-state index in [1.165, 1.54) is 0 Å². The number of rotatable bonds is 3. The molecule has 1 aromatic heterocycles. The highest BCUT2D eigenvalue weighted by Crippen LogP contribution is 2.24. The lowest BCUT2D eigenvalue weighted by atomic mass is 10.1. The number of hydrogen-bond acceptors (Lipinski definition) is 2. The molecule has 1 rings (SSSR count). The topological polar surface area (TPSA) is 16.1 Å². The highest BCUT2D eigenvalue weighted by molar-refractivity contribution is 9.10. The minimum Gasteiger partial charge on any atom is -0.354 e. The number of halogens is 2. The lowest BCUT2D eigenvalue weighted by Gasteiger charge is -2.35. The van der Waals surface area contributed by atoms with E-state index in [9.17, 15) is 0 Å². The second kappa shape index (κ2) is 4.83. The molecule has 0 radical (unpaired) electrons. The Bertz CT molecular complexity index is 350. The zero-order valence-corrected chi connectivity index (χ0v) is 12.7. The number of hydrogen-bond donors (Lipinski definition) is 0. The van der Waals surface area contributed by atoms with Gasteiger partial charge in [0.2, 0.25) is 0 Å². The van der Waals surface area contributed by atoms with Crippen LogP contribution < -0.4 is 4.90 Å². The van der Waals surface area contributed by atoms with Gasteiger partial charge in [0.25, 0.3) is 0 Å². The SMILES string of the molecule is Cc1nc(N(C)C(C)(C)CBr)ccc1Br. The van der Waals surface area contributed by atoms with Crippen molar-refractivity contribution in [3.05, 3.63) is 22.3 Å². The standard InChI is InChI=1S/C11H16Br2N2/c1-8-9(13)5-6-10(14-8)15(4)11(2,3)7-12/h5-6H,7H2,1-4H3. The van der Waals surface area contributed by atoms with Gasteiger partial charge < -0.3 is 4.90 Å². The number of aromatic nitrogens is 1. The van der Waals surface area contributed by atoms with Gasteiger partial charge >= 0.3 is 0 Å². The minimum atomic E-state index is 0.0628. The van der Waals surface area contributed by atoms with Crippen LogP contribution >= 0.6 is 31.9 Å². The molecule has 1 aromatic rings. The maximum atomic E-state index is 4.55. The molecule has 84 valence electrons. The molecule has 2 nitrogen and oxygen atoms in total. The first-order chi connectivity index (χ1) is 6.88. The number of nitrogens with zero attached hydrogens (tertiary/aromatic N) is 2. The molecule has 15 heavy (non-hydrogen) atoms. The molecule has 0 saturated carbocycles. The highest BCUT2D eigenvalue weighted by Gasteiger charge is 2.23. The van der Waals surface area contributed by atoms with E-state index >= 15 is 0 Å². The van der Waals surface area contributed by atoms with E-state index in [-0.39, 0.29) is 5.54 Å². The third-order valence-corrected chi connectivity index (χ3v) is 4.80. The molecule has 0 atom stereocenters. The van der Waals surface area contributed by atoms with Gasteiger partial charge in [0.1, 0.15) is 5.82 Å². The molecule has 0 unspecified atom stereocenters. The van der Waals surface area contributed by atoms with Crippen molar-refractivity contribution < 1.29 is 0 Å². The van der Waals surface area contributed by atoms with E-state index in [0.29, 0.717) is 0 Å². The summed E-state index contributed by atoms with van der Waals surface area (Å²) in [6, 6.07) is 4.07. The van der Waals surface area contributed by atoms with E-state index in [1.807, 2.05) is 19.1 Å². The fourth-order valence-corrected chi connectivity index (χ4v) is 1.71. The molecule has 0 spiro atoms. The van der Waals surface area contributed by atoms with Crippen LogP contribution in [0.3, 0.4) is 0 Å². The van der Waals surface area contributed by atoms with Gasteiger partial charge in [-0.1, -0.05) is 15.9 Å². The lowest BCUT2D eigenvalue weighted by molar-refractivity contribution is 0.546. The van der Waals surface area contributed by atoms with E-state index in [0.717, 1.165) is 21.3 Å². The predicted molar refractivity (Wildman–Crippen MR) is 73.0 cm³/mol. The van der Waals surface area contributed by atoms with Gasteiger partial charge in [-0.2, -0.15) is 0 Å². The summed E-state index contributed by atoms with van der Waals surface area (Å²) >= 11 is 6.98. The third kappa shape index (κ3) is 2.94. The van der Waals surface area contributed by atoms with Gasteiger partial charge in [-0.3, -0.25) is 0 Å². The zero-order valence-electron chi connectivity index (χ0n) is 9.51. The number of pyridine rings is 1. The smallest absolute Gasteiger partial charge is 0.129 e. The molecule has 0 aliphatic heterocycles. The molecule has 0 bridgehead atoms. The second-order valence-corrected chi connectivity index (χ2v) is 5.66. The van der Waals surface area contributed by atoms with Gasteiger partial charge in [-0.05, 0) is 48.8 Å². The van der Waals surface area contributed by atoms with Crippen molar-refractivity contribution in [1.82, 2.24) is 4.98 Å². The Kier molecular flexibility index (Phi) is 4.18. The zero-order chi connectivity index (χ0) is 11.6. The molecule has 0 aliphatic rings. The van der Waals surface area contributed by atoms with Crippen molar-refractivity contribution in [2.75, 3.05) is 17.3 Å². The van der Waals surface area contributed by atoms with Crippen LogP contribution in [0.1, 0.15) is 19.5 Å².